The van der Waals surface area contributed by atoms with E-state index in [4.69, 9.17) is 35.3 Å². The molecule has 334 valence electrons. The van der Waals surface area contributed by atoms with Crippen molar-refractivity contribution in [1.29, 1.82) is 0 Å². The molecule has 3 amide bonds. The summed E-state index contributed by atoms with van der Waals surface area (Å²) in [5.41, 5.74) is 3.81. The van der Waals surface area contributed by atoms with Gasteiger partial charge in [0, 0.05) is 55.7 Å². The van der Waals surface area contributed by atoms with Crippen LogP contribution in [0.15, 0.2) is 54.1 Å². The predicted octanol–water partition coefficient (Wildman–Crippen LogP) is 7.00. The van der Waals surface area contributed by atoms with E-state index in [1.807, 2.05) is 26.0 Å². The van der Waals surface area contributed by atoms with Gasteiger partial charge in [-0.3, -0.25) is 19.7 Å². The number of fused-ring (bicyclic) bond motifs is 6. The molecule has 3 aliphatic rings. The average Bonchev–Trinajstić information content (AvgIpc) is 4.05. The molecule has 2 aromatic carbocycles. The second-order valence-corrected chi connectivity index (χ2v) is 17.3. The first-order chi connectivity index (χ1) is 29.7. The average molecular weight is 1010 g/mol. The molecule has 0 saturated carbocycles. The highest BCUT2D eigenvalue weighted by atomic mass is 79.9. The number of ether oxygens (including phenoxy) is 5. The molecule has 3 aliphatic heterocycles. The fraction of sp³-hybridized carbons (Fsp3) is 0.500. The first kappa shape index (κ1) is 47.4. The number of benzene rings is 2. The largest absolute Gasteiger partial charge is 0.495 e. The Kier molecular flexibility index (Phi) is 16.1. The first-order valence-corrected chi connectivity index (χ1v) is 23.1. The molecule has 3 aromatic rings. The summed E-state index contributed by atoms with van der Waals surface area (Å²) in [6, 6.07) is 8.84. The van der Waals surface area contributed by atoms with Crippen LogP contribution in [0.1, 0.15) is 79.7 Å². The van der Waals surface area contributed by atoms with Gasteiger partial charge in [0.2, 0.25) is 5.91 Å². The Labute approximate surface area is 382 Å². The summed E-state index contributed by atoms with van der Waals surface area (Å²) in [6.07, 6.45) is 2.48. The standard InChI is InChI=1S/C44H52Br2ClN5O10/c1-24-10-9-11-36(59-5)44(57)21-35(61-43(56)51-44)25(2)40-41(62-40)34(20-37(53)52(3)32-17-26(16-24)18-33(58-4)39(32)47)60-38(54)12-7-6-8-15-48-42(55)27-13-14-28-29(19-27)50-31(23-46)30(22-45)49-28/h9-11,13-14,17-19,25,34-36,40-41,57H,6-8,12,15-16,20-23H2,1-5H3,(H,48,55)(H,51,56)/b11-9+,24-10+/t25-,34+,35+,36-,40+,41+,44+/m1/s1. The SMILES string of the molecule is COc1cc2cc(c1Cl)N(C)C(=O)C[C@H](OC(=O)CCCCCNC(=O)c1ccc3nc(CBr)c(CBr)nc3c1)[C@@H]1O[C@H]1[C@H](C)[C@@H]1C[C@@](O)(NC(=O)O1)[C@H](OC)/C=C/C=C(\C)C2. The predicted molar refractivity (Wildman–Crippen MR) is 240 cm³/mol. The lowest BCUT2D eigenvalue weighted by atomic mass is 9.87. The molecule has 0 aliphatic carbocycles. The van der Waals surface area contributed by atoms with Crippen LogP contribution in [0.2, 0.25) is 5.02 Å². The molecular weight excluding hydrogens is 954 g/mol. The molecule has 62 heavy (non-hydrogen) atoms. The Bertz CT molecular complexity index is 2230. The minimum absolute atomic E-state index is 0.0255. The lowest BCUT2D eigenvalue weighted by Crippen LogP contribution is -2.63. The molecule has 2 saturated heterocycles. The number of hydrogen-bond donors (Lipinski definition) is 3. The Balaban J connectivity index is 1.12. The number of aromatic nitrogens is 2. The van der Waals surface area contributed by atoms with Crippen molar-refractivity contribution in [2.45, 2.75) is 106 Å². The number of aliphatic hydroxyl groups is 1. The second-order valence-electron chi connectivity index (χ2n) is 15.8. The number of carbonyl (C=O) groups excluding carboxylic acids is 4. The number of epoxide rings is 1. The molecule has 0 spiro atoms. The van der Waals surface area contributed by atoms with E-state index in [1.54, 1.807) is 43.5 Å². The number of nitrogens with zero attached hydrogens (tertiary/aromatic N) is 3. The smallest absolute Gasteiger partial charge is 0.409 e. The van der Waals surface area contributed by atoms with Crippen LogP contribution in [-0.2, 0) is 45.6 Å². The van der Waals surface area contributed by atoms with Gasteiger partial charge in [-0.1, -0.05) is 80.6 Å². The fourth-order valence-corrected chi connectivity index (χ4v) is 9.03. The first-order valence-electron chi connectivity index (χ1n) is 20.4. The number of halogens is 3. The number of unbranched alkanes of at least 4 members (excludes halogenated alkanes) is 2. The van der Waals surface area contributed by atoms with Crippen molar-refractivity contribution in [3.8, 4) is 5.75 Å². The highest BCUT2D eigenvalue weighted by Crippen LogP contribution is 2.41. The zero-order valence-electron chi connectivity index (χ0n) is 35.3. The van der Waals surface area contributed by atoms with E-state index in [9.17, 15) is 24.3 Å². The van der Waals surface area contributed by atoms with Gasteiger partial charge in [0.05, 0.1) is 47.7 Å². The van der Waals surface area contributed by atoms with Gasteiger partial charge in [-0.15, -0.1) is 0 Å². The number of allylic oxidation sites excluding steroid dienone is 3. The number of rotatable bonds is 12. The minimum Gasteiger partial charge on any atom is -0.495 e. The minimum atomic E-state index is -1.80. The Morgan fingerprint density at radius 1 is 1.06 bits per heavy atom. The number of alkyl carbamates (subject to hydrolysis) is 1. The highest BCUT2D eigenvalue weighted by Gasteiger charge is 2.56. The topological polar surface area (TPSA) is 191 Å². The highest BCUT2D eigenvalue weighted by molar-refractivity contribution is 9.09. The van der Waals surface area contributed by atoms with E-state index in [-0.39, 0.29) is 36.1 Å². The van der Waals surface area contributed by atoms with Gasteiger partial charge in [-0.05, 0) is 62.1 Å². The second kappa shape index (κ2) is 21.0. The van der Waals surface area contributed by atoms with E-state index in [0.29, 0.717) is 70.9 Å². The van der Waals surface area contributed by atoms with Crippen molar-refractivity contribution in [1.82, 2.24) is 20.6 Å². The Morgan fingerprint density at radius 3 is 2.52 bits per heavy atom. The van der Waals surface area contributed by atoms with E-state index < -0.39 is 54.2 Å². The number of nitrogens with one attached hydrogen (secondary N) is 2. The zero-order valence-corrected chi connectivity index (χ0v) is 39.2. The summed E-state index contributed by atoms with van der Waals surface area (Å²) >= 11 is 13.7. The number of amides is 3. The molecule has 7 atom stereocenters. The van der Waals surface area contributed by atoms with Crippen LogP contribution in [0, 0.1) is 5.92 Å². The maximum atomic E-state index is 14.0. The van der Waals surface area contributed by atoms with E-state index >= 15 is 0 Å². The van der Waals surface area contributed by atoms with Crippen molar-refractivity contribution >= 4 is 84.1 Å². The summed E-state index contributed by atoms with van der Waals surface area (Å²) in [5.74, 6) is -1.22. The van der Waals surface area contributed by atoms with Crippen molar-refractivity contribution in [2.24, 2.45) is 5.92 Å². The monoisotopic (exact) mass is 1000 g/mol. The molecule has 18 heteroatoms. The molecule has 3 N–H and O–H groups in total. The van der Waals surface area contributed by atoms with Crippen LogP contribution in [0.25, 0.3) is 11.0 Å². The maximum absolute atomic E-state index is 14.0. The molecule has 0 unspecified atom stereocenters. The summed E-state index contributed by atoms with van der Waals surface area (Å²) in [7, 11) is 4.54. The quantitative estimate of drug-likeness (QED) is 0.0730. The van der Waals surface area contributed by atoms with E-state index in [2.05, 4.69) is 52.5 Å². The zero-order chi connectivity index (χ0) is 44.7. The van der Waals surface area contributed by atoms with Crippen molar-refractivity contribution in [3.63, 3.8) is 0 Å². The summed E-state index contributed by atoms with van der Waals surface area (Å²) in [5, 5.41) is 18.5. The van der Waals surface area contributed by atoms with Crippen LogP contribution in [-0.4, -0.2) is 103 Å². The number of esters is 1. The van der Waals surface area contributed by atoms with Crippen LogP contribution >= 0.6 is 43.5 Å². The van der Waals surface area contributed by atoms with Gasteiger partial charge in [0.15, 0.2) is 5.72 Å². The molecule has 6 rings (SSSR count). The number of anilines is 1. The number of carbonyl (C=O) groups is 4. The summed E-state index contributed by atoms with van der Waals surface area (Å²) in [4.78, 5) is 63.9. The Hall–Kier alpha value is -4.13. The number of hydrogen-bond acceptors (Lipinski definition) is 12. The normalized spacial score (nSPS) is 26.7. The van der Waals surface area contributed by atoms with E-state index in [1.165, 1.54) is 19.1 Å². The lowest BCUT2D eigenvalue weighted by Gasteiger charge is -2.41. The van der Waals surface area contributed by atoms with Gasteiger partial charge in [-0.2, -0.15) is 0 Å². The van der Waals surface area contributed by atoms with Crippen molar-refractivity contribution in [3.05, 3.63) is 81.7 Å². The molecular formula is C44H52Br2ClN5O10. The molecule has 2 fully saturated rings. The lowest BCUT2D eigenvalue weighted by molar-refractivity contribution is -0.151. The summed E-state index contributed by atoms with van der Waals surface area (Å²) in [6.45, 7) is 4.15. The van der Waals surface area contributed by atoms with Gasteiger partial charge < -0.3 is 39.0 Å². The number of methoxy groups -OCH3 is 2. The maximum Gasteiger partial charge on any atom is 0.409 e. The van der Waals surface area contributed by atoms with Gasteiger partial charge in [0.1, 0.15) is 35.2 Å². The third-order valence-electron chi connectivity index (χ3n) is 11.4. The molecule has 4 bridgehead atoms. The van der Waals surface area contributed by atoms with Gasteiger partial charge >= 0.3 is 12.1 Å². The molecule has 15 nitrogen and oxygen atoms in total. The number of alkyl halides is 2. The molecule has 4 heterocycles. The van der Waals surface area contributed by atoms with Crippen LogP contribution < -0.4 is 20.3 Å². The van der Waals surface area contributed by atoms with Crippen molar-refractivity contribution in [2.75, 3.05) is 32.7 Å². The third kappa shape index (κ3) is 11.3. The summed E-state index contributed by atoms with van der Waals surface area (Å²) < 4.78 is 29.0. The third-order valence-corrected chi connectivity index (χ3v) is 12.8. The van der Waals surface area contributed by atoms with Gasteiger partial charge in [0.25, 0.3) is 5.91 Å². The van der Waals surface area contributed by atoms with Crippen LogP contribution in [0.5, 0.6) is 5.75 Å². The molecule has 1 aromatic heterocycles. The van der Waals surface area contributed by atoms with Gasteiger partial charge in [-0.25, -0.2) is 14.8 Å². The van der Waals surface area contributed by atoms with Crippen LogP contribution in [0.4, 0.5) is 10.5 Å². The fourth-order valence-electron chi connectivity index (χ4n) is 7.81. The van der Waals surface area contributed by atoms with Crippen LogP contribution in [0.3, 0.4) is 0 Å². The Morgan fingerprint density at radius 2 is 1.81 bits per heavy atom. The van der Waals surface area contributed by atoms with Crippen molar-refractivity contribution < 1.29 is 48.0 Å². The molecule has 0 radical (unpaired) electrons. The van der Waals surface area contributed by atoms with E-state index in [0.717, 1.165) is 22.5 Å².